The fourth-order valence-electron chi connectivity index (χ4n) is 2.96. The van der Waals surface area contributed by atoms with Gasteiger partial charge in [0.05, 0.1) is 23.8 Å². The molecule has 3 rings (SSSR count). The average Bonchev–Trinajstić information content (AvgIpc) is 2.42. The van der Waals surface area contributed by atoms with Crippen molar-refractivity contribution in [3.05, 3.63) is 27.7 Å². The summed E-state index contributed by atoms with van der Waals surface area (Å²) in [7, 11) is 0. The zero-order chi connectivity index (χ0) is 15.0. The second kappa shape index (κ2) is 6.01. The van der Waals surface area contributed by atoms with Crippen LogP contribution in [0.25, 0.3) is 0 Å². The molecule has 0 radical (unpaired) electrons. The molecule has 0 saturated carbocycles. The molecule has 2 heterocycles. The second-order valence-electron chi connectivity index (χ2n) is 5.52. The van der Waals surface area contributed by atoms with Gasteiger partial charge in [-0.25, -0.2) is 0 Å². The number of phenolic OH excluding ortho intramolecular Hbond substituents is 1. The van der Waals surface area contributed by atoms with Crippen molar-refractivity contribution in [2.45, 2.75) is 31.0 Å². The number of nitrogens with one attached hydrogen (secondary N) is 2. The molecule has 2 unspecified atom stereocenters. The largest absolute Gasteiger partial charge is 0.506 e. The van der Waals surface area contributed by atoms with Crippen molar-refractivity contribution in [3.63, 3.8) is 0 Å². The standard InChI is InChI=1S/C14H16Cl2N2O3/c15-7-1-11(13(19)12(16)2-7)14(20)18-8-3-9-5-21-6-10(4-8)17-9/h1-2,8-10,17,19H,3-6H2,(H,18,20). The lowest BCUT2D eigenvalue weighted by Gasteiger charge is -2.40. The molecule has 0 aromatic heterocycles. The summed E-state index contributed by atoms with van der Waals surface area (Å²) in [4.78, 5) is 12.3. The predicted octanol–water partition coefficient (Wildman–Crippen LogP) is 1.95. The number of amides is 1. The zero-order valence-electron chi connectivity index (χ0n) is 11.2. The number of phenols is 1. The summed E-state index contributed by atoms with van der Waals surface area (Å²) in [6.07, 6.45) is 1.61. The molecule has 2 saturated heterocycles. The van der Waals surface area contributed by atoms with Crippen LogP contribution in [0.15, 0.2) is 12.1 Å². The van der Waals surface area contributed by atoms with Gasteiger partial charge < -0.3 is 20.5 Å². The molecule has 2 aliphatic rings. The topological polar surface area (TPSA) is 70.6 Å². The van der Waals surface area contributed by atoms with Crippen LogP contribution in [0.5, 0.6) is 5.75 Å². The van der Waals surface area contributed by atoms with Crippen LogP contribution in [0, 0.1) is 0 Å². The van der Waals surface area contributed by atoms with Crippen molar-refractivity contribution in [2.75, 3.05) is 13.2 Å². The van der Waals surface area contributed by atoms with E-state index in [1.165, 1.54) is 12.1 Å². The fourth-order valence-corrected chi connectivity index (χ4v) is 3.45. The molecular weight excluding hydrogens is 315 g/mol. The Morgan fingerprint density at radius 3 is 2.62 bits per heavy atom. The molecule has 0 aliphatic carbocycles. The van der Waals surface area contributed by atoms with Crippen LogP contribution in [-0.4, -0.2) is 42.4 Å². The first kappa shape index (κ1) is 14.9. The van der Waals surface area contributed by atoms with E-state index in [9.17, 15) is 9.90 Å². The maximum atomic E-state index is 12.3. The van der Waals surface area contributed by atoms with Crippen molar-refractivity contribution in [1.82, 2.24) is 10.6 Å². The maximum absolute atomic E-state index is 12.3. The van der Waals surface area contributed by atoms with Crippen molar-refractivity contribution in [3.8, 4) is 5.75 Å². The van der Waals surface area contributed by atoms with Gasteiger partial charge in [0, 0.05) is 23.1 Å². The summed E-state index contributed by atoms with van der Waals surface area (Å²) in [5, 5.41) is 16.7. The monoisotopic (exact) mass is 330 g/mol. The number of rotatable bonds is 2. The number of carbonyl (C=O) groups is 1. The number of carbonyl (C=O) groups excluding carboxylic acids is 1. The van der Waals surface area contributed by atoms with Crippen LogP contribution in [0.1, 0.15) is 23.2 Å². The Kier molecular flexibility index (Phi) is 4.26. The molecule has 2 atom stereocenters. The molecule has 3 N–H and O–H groups in total. The van der Waals surface area contributed by atoms with Gasteiger partial charge in [-0.3, -0.25) is 4.79 Å². The third kappa shape index (κ3) is 3.26. The number of fused-ring (bicyclic) bond motifs is 2. The Morgan fingerprint density at radius 2 is 1.95 bits per heavy atom. The quantitative estimate of drug-likeness (QED) is 0.775. The number of ether oxygens (including phenoxy) is 1. The lowest BCUT2D eigenvalue weighted by Crippen LogP contribution is -2.58. The highest BCUT2D eigenvalue weighted by atomic mass is 35.5. The Bertz CT molecular complexity index is 555. The number of hydrogen-bond acceptors (Lipinski definition) is 4. The van der Waals surface area contributed by atoms with E-state index in [2.05, 4.69) is 10.6 Å². The zero-order valence-corrected chi connectivity index (χ0v) is 12.7. The fraction of sp³-hybridized carbons (Fsp3) is 0.500. The molecule has 0 spiro atoms. The van der Waals surface area contributed by atoms with Crippen LogP contribution in [0.2, 0.25) is 10.0 Å². The van der Waals surface area contributed by atoms with Gasteiger partial charge in [-0.1, -0.05) is 23.2 Å². The lowest BCUT2D eigenvalue weighted by atomic mass is 9.92. The summed E-state index contributed by atoms with van der Waals surface area (Å²) < 4.78 is 5.47. The normalized spacial score (nSPS) is 28.2. The van der Waals surface area contributed by atoms with Gasteiger partial charge in [0.2, 0.25) is 0 Å². The van der Waals surface area contributed by atoms with Gasteiger partial charge in [0.25, 0.3) is 5.91 Å². The van der Waals surface area contributed by atoms with Crippen molar-refractivity contribution in [1.29, 1.82) is 0 Å². The average molecular weight is 331 g/mol. The number of morpholine rings is 1. The summed E-state index contributed by atoms with van der Waals surface area (Å²) in [6.45, 7) is 1.33. The van der Waals surface area contributed by atoms with Crippen LogP contribution < -0.4 is 10.6 Å². The van der Waals surface area contributed by atoms with E-state index < -0.39 is 0 Å². The van der Waals surface area contributed by atoms with E-state index in [1.807, 2.05) is 0 Å². The summed E-state index contributed by atoms with van der Waals surface area (Å²) in [5.74, 6) is -0.598. The summed E-state index contributed by atoms with van der Waals surface area (Å²) >= 11 is 11.7. The number of piperidine rings is 1. The third-order valence-corrected chi connectivity index (χ3v) is 4.36. The van der Waals surface area contributed by atoms with E-state index in [0.29, 0.717) is 18.2 Å². The van der Waals surface area contributed by atoms with Gasteiger partial charge in [-0.2, -0.15) is 0 Å². The first-order valence-corrected chi connectivity index (χ1v) is 7.61. The van der Waals surface area contributed by atoms with E-state index in [1.54, 1.807) is 0 Å². The van der Waals surface area contributed by atoms with Crippen LogP contribution in [0.3, 0.4) is 0 Å². The van der Waals surface area contributed by atoms with Gasteiger partial charge >= 0.3 is 0 Å². The van der Waals surface area contributed by atoms with E-state index in [0.717, 1.165) is 12.8 Å². The highest BCUT2D eigenvalue weighted by Gasteiger charge is 2.33. The number of hydrogen-bond donors (Lipinski definition) is 3. The number of aromatic hydroxyl groups is 1. The SMILES string of the molecule is O=C(NC1CC2COCC(C1)N2)c1cc(Cl)cc(Cl)c1O. The van der Waals surface area contributed by atoms with Gasteiger partial charge in [-0.15, -0.1) is 0 Å². The minimum Gasteiger partial charge on any atom is -0.506 e. The van der Waals surface area contributed by atoms with Crippen LogP contribution >= 0.6 is 23.2 Å². The number of halogens is 2. The van der Waals surface area contributed by atoms with Gasteiger partial charge in [0.15, 0.2) is 0 Å². The summed E-state index contributed by atoms with van der Waals surface area (Å²) in [5.41, 5.74) is 0.104. The van der Waals surface area contributed by atoms with E-state index in [4.69, 9.17) is 27.9 Å². The van der Waals surface area contributed by atoms with Crippen molar-refractivity contribution >= 4 is 29.1 Å². The molecule has 2 fully saturated rings. The van der Waals surface area contributed by atoms with Crippen LogP contribution in [0.4, 0.5) is 0 Å². The Morgan fingerprint density at radius 1 is 1.29 bits per heavy atom. The predicted molar refractivity (Wildman–Crippen MR) is 80.1 cm³/mol. The van der Waals surface area contributed by atoms with E-state index >= 15 is 0 Å². The molecular formula is C14H16Cl2N2O3. The lowest BCUT2D eigenvalue weighted by molar-refractivity contribution is 0.0148. The molecule has 2 aliphatic heterocycles. The third-order valence-electron chi connectivity index (χ3n) is 3.86. The second-order valence-corrected chi connectivity index (χ2v) is 6.37. The molecule has 5 nitrogen and oxygen atoms in total. The van der Waals surface area contributed by atoms with Crippen molar-refractivity contribution < 1.29 is 14.6 Å². The molecule has 7 heteroatoms. The Labute approximate surface area is 132 Å². The molecule has 1 amide bonds. The molecule has 114 valence electrons. The minimum absolute atomic E-state index is 0.0507. The first-order chi connectivity index (χ1) is 10.0. The maximum Gasteiger partial charge on any atom is 0.255 e. The van der Waals surface area contributed by atoms with Crippen molar-refractivity contribution in [2.24, 2.45) is 0 Å². The van der Waals surface area contributed by atoms with Gasteiger partial charge in [-0.05, 0) is 25.0 Å². The van der Waals surface area contributed by atoms with E-state index in [-0.39, 0.29) is 40.4 Å². The molecule has 2 bridgehead atoms. The minimum atomic E-state index is -0.359. The first-order valence-electron chi connectivity index (χ1n) is 6.85. The highest BCUT2D eigenvalue weighted by molar-refractivity contribution is 6.36. The Balaban J connectivity index is 1.72. The molecule has 1 aromatic carbocycles. The smallest absolute Gasteiger partial charge is 0.255 e. The molecule has 21 heavy (non-hydrogen) atoms. The summed E-state index contributed by atoms with van der Waals surface area (Å²) in [6, 6.07) is 3.40. The molecule has 1 aromatic rings. The number of benzene rings is 1. The highest BCUT2D eigenvalue weighted by Crippen LogP contribution is 2.31. The Hall–Kier alpha value is -1.01. The van der Waals surface area contributed by atoms with Crippen LogP contribution in [-0.2, 0) is 4.74 Å². The van der Waals surface area contributed by atoms with Gasteiger partial charge in [0.1, 0.15) is 5.75 Å².